The van der Waals surface area contributed by atoms with Gasteiger partial charge in [-0.25, -0.2) is 4.79 Å². The van der Waals surface area contributed by atoms with Crippen LogP contribution in [0.5, 0.6) is 0 Å². The minimum atomic E-state index is -0.711. The van der Waals surface area contributed by atoms with E-state index < -0.39 is 12.0 Å². The Morgan fingerprint density at radius 2 is 1.95 bits per heavy atom. The van der Waals surface area contributed by atoms with Gasteiger partial charge in [-0.1, -0.05) is 30.3 Å². The zero-order valence-electron chi connectivity index (χ0n) is 12.2. The van der Waals surface area contributed by atoms with Crippen LogP contribution < -0.4 is 5.32 Å². The van der Waals surface area contributed by atoms with Gasteiger partial charge in [0.25, 0.3) is 5.91 Å². The normalized spacial score (nSPS) is 11.8. The van der Waals surface area contributed by atoms with Crippen molar-refractivity contribution in [3.63, 3.8) is 0 Å². The Hall–Kier alpha value is -2.63. The molecule has 1 heterocycles. The maximum Gasteiger partial charge on any atom is 0.328 e. The van der Waals surface area contributed by atoms with Crippen molar-refractivity contribution in [2.24, 2.45) is 7.05 Å². The first-order valence-corrected chi connectivity index (χ1v) is 6.51. The molecule has 2 aromatic rings. The second kappa shape index (κ2) is 6.21. The second-order valence-electron chi connectivity index (χ2n) is 4.62. The van der Waals surface area contributed by atoms with E-state index in [1.165, 1.54) is 11.8 Å². The number of ether oxygens (including phenoxy) is 1. The Morgan fingerprint density at radius 1 is 1.29 bits per heavy atom. The number of methoxy groups -OCH3 is 1. The fourth-order valence-corrected chi connectivity index (χ4v) is 1.94. The molecule has 1 N–H and O–H groups in total. The number of nitrogens with zero attached hydrogens (tertiary/aromatic N) is 2. The Kier molecular flexibility index (Phi) is 4.37. The number of benzene rings is 1. The fraction of sp³-hybridized carbons (Fsp3) is 0.267. The highest BCUT2D eigenvalue weighted by Crippen LogP contribution is 2.18. The molecule has 0 bridgehead atoms. The van der Waals surface area contributed by atoms with Gasteiger partial charge in [0.15, 0.2) is 0 Å². The molecule has 6 heteroatoms. The zero-order chi connectivity index (χ0) is 15.4. The molecule has 1 aromatic carbocycles. The number of amides is 1. The Morgan fingerprint density at radius 3 is 2.57 bits per heavy atom. The summed E-state index contributed by atoms with van der Waals surface area (Å²) in [7, 11) is 2.97. The summed E-state index contributed by atoms with van der Waals surface area (Å²) in [6.45, 7) is 1.57. The van der Waals surface area contributed by atoms with Gasteiger partial charge < -0.3 is 10.1 Å². The van der Waals surface area contributed by atoms with Crippen molar-refractivity contribution >= 4 is 11.9 Å². The number of hydrogen-bond donors (Lipinski definition) is 1. The largest absolute Gasteiger partial charge is 0.467 e. The summed E-state index contributed by atoms with van der Waals surface area (Å²) in [6, 6.07) is 10.5. The van der Waals surface area contributed by atoms with Crippen LogP contribution in [0.1, 0.15) is 17.4 Å². The maximum absolute atomic E-state index is 12.2. The quantitative estimate of drug-likeness (QED) is 0.862. The number of nitrogens with one attached hydrogen (secondary N) is 1. The van der Waals surface area contributed by atoms with Crippen molar-refractivity contribution in [3.8, 4) is 11.3 Å². The van der Waals surface area contributed by atoms with E-state index >= 15 is 0 Å². The summed E-state index contributed by atoms with van der Waals surface area (Å²) >= 11 is 0. The molecule has 0 aliphatic heterocycles. The highest BCUT2D eigenvalue weighted by Gasteiger charge is 2.20. The average molecular weight is 287 g/mol. The molecule has 6 nitrogen and oxygen atoms in total. The van der Waals surface area contributed by atoms with Gasteiger partial charge in [0.1, 0.15) is 11.7 Å². The zero-order valence-corrected chi connectivity index (χ0v) is 12.2. The highest BCUT2D eigenvalue weighted by atomic mass is 16.5. The first kappa shape index (κ1) is 14.8. The number of carbonyl (C=O) groups is 2. The van der Waals surface area contributed by atoms with Crippen molar-refractivity contribution in [1.29, 1.82) is 0 Å². The molecule has 1 atom stereocenters. The predicted octanol–water partition coefficient (Wildman–Crippen LogP) is 1.38. The van der Waals surface area contributed by atoms with E-state index in [1.807, 2.05) is 30.3 Å². The van der Waals surface area contributed by atoms with Crippen molar-refractivity contribution in [2.75, 3.05) is 7.11 Å². The van der Waals surface area contributed by atoms with Gasteiger partial charge in [0.2, 0.25) is 0 Å². The SMILES string of the molecule is COC(=O)[C@@H](C)NC(=O)c1cc(-c2ccccc2)nn1C. The summed E-state index contributed by atoms with van der Waals surface area (Å²) in [4.78, 5) is 23.5. The molecule has 110 valence electrons. The fourth-order valence-electron chi connectivity index (χ4n) is 1.94. The molecule has 0 saturated carbocycles. The van der Waals surface area contributed by atoms with Gasteiger partial charge in [0.05, 0.1) is 12.8 Å². The van der Waals surface area contributed by atoms with Crippen LogP contribution >= 0.6 is 0 Å². The van der Waals surface area contributed by atoms with E-state index in [-0.39, 0.29) is 5.91 Å². The topological polar surface area (TPSA) is 73.2 Å². The monoisotopic (exact) mass is 287 g/mol. The van der Waals surface area contributed by atoms with Crippen LogP contribution in [-0.2, 0) is 16.6 Å². The number of hydrogen-bond acceptors (Lipinski definition) is 4. The molecule has 0 saturated heterocycles. The molecule has 0 fully saturated rings. The molecule has 0 radical (unpaired) electrons. The lowest BCUT2D eigenvalue weighted by Crippen LogP contribution is -2.39. The molecule has 1 aromatic heterocycles. The van der Waals surface area contributed by atoms with Crippen LogP contribution in [-0.4, -0.2) is 34.8 Å². The number of carbonyl (C=O) groups excluding carboxylic acids is 2. The van der Waals surface area contributed by atoms with E-state index in [9.17, 15) is 9.59 Å². The van der Waals surface area contributed by atoms with Crippen LogP contribution in [0.2, 0.25) is 0 Å². The lowest BCUT2D eigenvalue weighted by molar-refractivity contribution is -0.142. The number of aryl methyl sites for hydroxylation is 1. The van der Waals surface area contributed by atoms with E-state index in [0.717, 1.165) is 5.56 Å². The third-order valence-electron chi connectivity index (χ3n) is 3.08. The van der Waals surface area contributed by atoms with E-state index in [0.29, 0.717) is 11.4 Å². The lowest BCUT2D eigenvalue weighted by Gasteiger charge is -2.11. The summed E-state index contributed by atoms with van der Waals surface area (Å²) < 4.78 is 6.07. The summed E-state index contributed by atoms with van der Waals surface area (Å²) in [6.07, 6.45) is 0. The van der Waals surface area contributed by atoms with Gasteiger partial charge in [-0.3, -0.25) is 9.48 Å². The first-order chi connectivity index (χ1) is 10.0. The molecule has 1 amide bonds. The van der Waals surface area contributed by atoms with Crippen LogP contribution in [0.3, 0.4) is 0 Å². The lowest BCUT2D eigenvalue weighted by atomic mass is 10.1. The molecular weight excluding hydrogens is 270 g/mol. The maximum atomic E-state index is 12.2. The van der Waals surface area contributed by atoms with Crippen LogP contribution in [0.15, 0.2) is 36.4 Å². The van der Waals surface area contributed by atoms with Crippen molar-refractivity contribution < 1.29 is 14.3 Å². The molecule has 21 heavy (non-hydrogen) atoms. The second-order valence-corrected chi connectivity index (χ2v) is 4.62. The van der Waals surface area contributed by atoms with Gasteiger partial charge in [-0.2, -0.15) is 5.10 Å². The van der Waals surface area contributed by atoms with E-state index in [1.54, 1.807) is 20.0 Å². The number of aromatic nitrogens is 2. The smallest absolute Gasteiger partial charge is 0.328 e. The predicted molar refractivity (Wildman–Crippen MR) is 77.6 cm³/mol. The molecule has 0 aliphatic carbocycles. The Labute approximate surface area is 122 Å². The molecule has 2 rings (SSSR count). The Bertz CT molecular complexity index is 649. The Balaban J connectivity index is 2.19. The standard InChI is InChI=1S/C15H17N3O3/c1-10(15(20)21-3)16-14(19)13-9-12(17-18(13)2)11-7-5-4-6-8-11/h4-10H,1-3H3,(H,16,19)/t10-/m1/s1. The average Bonchev–Trinajstić information content (AvgIpc) is 2.89. The number of esters is 1. The molecule has 0 spiro atoms. The van der Waals surface area contributed by atoms with E-state index in [2.05, 4.69) is 15.2 Å². The molecule has 0 unspecified atom stereocenters. The minimum absolute atomic E-state index is 0.370. The molecule has 0 aliphatic rings. The molecular formula is C15H17N3O3. The van der Waals surface area contributed by atoms with Gasteiger partial charge >= 0.3 is 5.97 Å². The van der Waals surface area contributed by atoms with Gasteiger partial charge in [0, 0.05) is 12.6 Å². The summed E-state index contributed by atoms with van der Waals surface area (Å²) in [5.41, 5.74) is 2.01. The summed E-state index contributed by atoms with van der Waals surface area (Å²) in [5.74, 6) is -0.862. The van der Waals surface area contributed by atoms with Crippen LogP contribution in [0.25, 0.3) is 11.3 Å². The van der Waals surface area contributed by atoms with E-state index in [4.69, 9.17) is 0 Å². The third kappa shape index (κ3) is 3.28. The van der Waals surface area contributed by atoms with Crippen molar-refractivity contribution in [3.05, 3.63) is 42.1 Å². The third-order valence-corrected chi connectivity index (χ3v) is 3.08. The summed E-state index contributed by atoms with van der Waals surface area (Å²) in [5, 5.41) is 6.89. The first-order valence-electron chi connectivity index (χ1n) is 6.51. The van der Waals surface area contributed by atoms with Crippen LogP contribution in [0, 0.1) is 0 Å². The van der Waals surface area contributed by atoms with Crippen molar-refractivity contribution in [2.45, 2.75) is 13.0 Å². The van der Waals surface area contributed by atoms with Crippen molar-refractivity contribution in [1.82, 2.24) is 15.1 Å². The van der Waals surface area contributed by atoms with Gasteiger partial charge in [-0.15, -0.1) is 0 Å². The number of rotatable bonds is 4. The minimum Gasteiger partial charge on any atom is -0.467 e. The van der Waals surface area contributed by atoms with Crippen LogP contribution in [0.4, 0.5) is 0 Å². The van der Waals surface area contributed by atoms with Gasteiger partial charge in [-0.05, 0) is 13.0 Å². The highest BCUT2D eigenvalue weighted by molar-refractivity contribution is 5.96.